The van der Waals surface area contributed by atoms with Gasteiger partial charge in [-0.2, -0.15) is 5.26 Å². The van der Waals surface area contributed by atoms with Gasteiger partial charge < -0.3 is 4.90 Å². The Kier molecular flexibility index (Phi) is 3.25. The molecule has 2 rings (SSSR count). The molecule has 2 saturated heterocycles. The van der Waals surface area contributed by atoms with E-state index < -0.39 is 0 Å². The zero-order valence-electron chi connectivity index (χ0n) is 9.35. The summed E-state index contributed by atoms with van der Waals surface area (Å²) in [6, 6.07) is 2.12. The van der Waals surface area contributed by atoms with Gasteiger partial charge in [0.25, 0.3) is 0 Å². The molecule has 1 unspecified atom stereocenters. The molecule has 0 aromatic heterocycles. The van der Waals surface area contributed by atoms with Gasteiger partial charge in [-0.05, 0) is 25.7 Å². The first-order valence-electron chi connectivity index (χ1n) is 5.85. The zero-order chi connectivity index (χ0) is 11.5. The molecule has 1 amide bonds. The maximum Gasteiger partial charge on any atom is 0.240 e. The van der Waals surface area contributed by atoms with Crippen molar-refractivity contribution in [3.63, 3.8) is 0 Å². The van der Waals surface area contributed by atoms with Gasteiger partial charge in [0, 0.05) is 12.6 Å². The molecule has 2 heterocycles. The van der Waals surface area contributed by atoms with Gasteiger partial charge in [0.1, 0.15) is 6.04 Å². The van der Waals surface area contributed by atoms with Gasteiger partial charge in [-0.15, -0.1) is 6.58 Å². The van der Waals surface area contributed by atoms with Crippen molar-refractivity contribution in [2.75, 3.05) is 6.54 Å². The molecule has 2 aliphatic heterocycles. The predicted molar refractivity (Wildman–Crippen MR) is 60.5 cm³/mol. The van der Waals surface area contributed by atoms with Crippen molar-refractivity contribution in [2.45, 2.75) is 43.8 Å². The number of hydrogen-bond donors (Lipinski definition) is 1. The summed E-state index contributed by atoms with van der Waals surface area (Å²) in [7, 11) is 0. The van der Waals surface area contributed by atoms with Crippen LogP contribution in [0.3, 0.4) is 0 Å². The standard InChI is InChI=1S/C12H17N3O/c1-2-9-5-6-11(14-9)12(16)15-7-3-4-10(15)8-13/h2,9-11,14H,1,3-7H2/t9?,10-,11-/m0/s1. The quantitative estimate of drug-likeness (QED) is 0.699. The van der Waals surface area contributed by atoms with E-state index in [1.165, 1.54) is 0 Å². The van der Waals surface area contributed by atoms with Crippen LogP contribution >= 0.6 is 0 Å². The highest BCUT2D eigenvalue weighted by Crippen LogP contribution is 2.21. The molecule has 16 heavy (non-hydrogen) atoms. The molecule has 2 fully saturated rings. The first-order chi connectivity index (χ1) is 7.76. The van der Waals surface area contributed by atoms with E-state index >= 15 is 0 Å². The van der Waals surface area contributed by atoms with Gasteiger partial charge in [0.2, 0.25) is 5.91 Å². The van der Waals surface area contributed by atoms with Crippen molar-refractivity contribution in [3.05, 3.63) is 12.7 Å². The zero-order valence-corrected chi connectivity index (χ0v) is 9.35. The number of carbonyl (C=O) groups is 1. The molecule has 0 aromatic carbocycles. The monoisotopic (exact) mass is 219 g/mol. The lowest BCUT2D eigenvalue weighted by Crippen LogP contribution is -2.46. The highest BCUT2D eigenvalue weighted by atomic mass is 16.2. The molecule has 0 spiro atoms. The lowest BCUT2D eigenvalue weighted by molar-refractivity contribution is -0.133. The summed E-state index contributed by atoms with van der Waals surface area (Å²) in [5.74, 6) is 0.0911. The van der Waals surface area contributed by atoms with Crippen molar-refractivity contribution in [1.29, 1.82) is 5.26 Å². The second-order valence-electron chi connectivity index (χ2n) is 4.46. The normalized spacial score (nSPS) is 33.7. The van der Waals surface area contributed by atoms with E-state index in [0.29, 0.717) is 0 Å². The number of nitrogens with one attached hydrogen (secondary N) is 1. The van der Waals surface area contributed by atoms with Gasteiger partial charge in [-0.1, -0.05) is 6.08 Å². The second-order valence-corrected chi connectivity index (χ2v) is 4.46. The largest absolute Gasteiger partial charge is 0.325 e. The number of amides is 1. The van der Waals surface area contributed by atoms with Crippen molar-refractivity contribution in [3.8, 4) is 6.07 Å². The molecular weight excluding hydrogens is 202 g/mol. The fraction of sp³-hybridized carbons (Fsp3) is 0.667. The number of nitrogens with zero attached hydrogens (tertiary/aromatic N) is 2. The van der Waals surface area contributed by atoms with E-state index in [2.05, 4.69) is 18.0 Å². The maximum atomic E-state index is 12.2. The van der Waals surface area contributed by atoms with Crippen LogP contribution in [0.1, 0.15) is 25.7 Å². The van der Waals surface area contributed by atoms with Crippen LogP contribution in [-0.4, -0.2) is 35.5 Å². The Balaban J connectivity index is 1.98. The van der Waals surface area contributed by atoms with E-state index in [-0.39, 0.29) is 24.0 Å². The Morgan fingerprint density at radius 2 is 2.31 bits per heavy atom. The van der Waals surface area contributed by atoms with Gasteiger partial charge in [0.15, 0.2) is 0 Å². The van der Waals surface area contributed by atoms with Crippen LogP contribution in [-0.2, 0) is 4.79 Å². The molecule has 3 atom stereocenters. The number of carbonyl (C=O) groups excluding carboxylic acids is 1. The minimum atomic E-state index is -0.211. The topological polar surface area (TPSA) is 56.1 Å². The van der Waals surface area contributed by atoms with Crippen LogP contribution in [0.2, 0.25) is 0 Å². The van der Waals surface area contributed by atoms with Gasteiger partial charge in [-0.25, -0.2) is 0 Å². The summed E-state index contributed by atoms with van der Waals surface area (Å²) in [4.78, 5) is 13.9. The molecule has 0 aliphatic carbocycles. The maximum absolute atomic E-state index is 12.2. The SMILES string of the molecule is C=CC1CC[C@@H](C(=O)N2CCC[C@H]2C#N)N1. The summed E-state index contributed by atoms with van der Waals surface area (Å²) in [5.41, 5.74) is 0. The van der Waals surface area contributed by atoms with E-state index in [4.69, 9.17) is 5.26 Å². The third kappa shape index (κ3) is 1.96. The van der Waals surface area contributed by atoms with Crippen molar-refractivity contribution in [1.82, 2.24) is 10.2 Å². The molecule has 4 nitrogen and oxygen atoms in total. The van der Waals surface area contributed by atoms with Crippen LogP contribution in [0, 0.1) is 11.3 Å². The second kappa shape index (κ2) is 4.67. The molecule has 0 bridgehead atoms. The Bertz CT molecular complexity index is 334. The third-order valence-corrected chi connectivity index (χ3v) is 3.45. The third-order valence-electron chi connectivity index (χ3n) is 3.45. The fourth-order valence-corrected chi connectivity index (χ4v) is 2.52. The average Bonchev–Trinajstić information content (AvgIpc) is 2.96. The Morgan fingerprint density at radius 1 is 1.50 bits per heavy atom. The van der Waals surface area contributed by atoms with E-state index in [9.17, 15) is 4.79 Å². The molecule has 1 N–H and O–H groups in total. The van der Waals surface area contributed by atoms with Gasteiger partial charge in [-0.3, -0.25) is 10.1 Å². The van der Waals surface area contributed by atoms with Crippen LogP contribution < -0.4 is 5.32 Å². The predicted octanol–water partition coefficient (Wildman–Crippen LogP) is 0.808. The summed E-state index contributed by atoms with van der Waals surface area (Å²) in [6.45, 7) is 4.46. The van der Waals surface area contributed by atoms with Crippen LogP contribution in [0.5, 0.6) is 0 Å². The van der Waals surface area contributed by atoms with Gasteiger partial charge in [0.05, 0.1) is 12.1 Å². The minimum Gasteiger partial charge on any atom is -0.325 e. The molecule has 0 radical (unpaired) electrons. The van der Waals surface area contributed by atoms with Gasteiger partial charge >= 0.3 is 0 Å². The van der Waals surface area contributed by atoms with Crippen LogP contribution in [0.25, 0.3) is 0 Å². The van der Waals surface area contributed by atoms with Crippen molar-refractivity contribution >= 4 is 5.91 Å². The Hall–Kier alpha value is -1.34. The summed E-state index contributed by atoms with van der Waals surface area (Å²) in [5, 5.41) is 12.2. The van der Waals surface area contributed by atoms with Crippen LogP contribution in [0.15, 0.2) is 12.7 Å². The Morgan fingerprint density at radius 3 is 2.94 bits per heavy atom. The first-order valence-corrected chi connectivity index (χ1v) is 5.85. The van der Waals surface area contributed by atoms with E-state index in [0.717, 1.165) is 32.2 Å². The van der Waals surface area contributed by atoms with E-state index in [1.807, 2.05) is 6.08 Å². The molecule has 86 valence electrons. The van der Waals surface area contributed by atoms with Crippen LogP contribution in [0.4, 0.5) is 0 Å². The highest BCUT2D eigenvalue weighted by Gasteiger charge is 2.35. The highest BCUT2D eigenvalue weighted by molar-refractivity contribution is 5.83. The van der Waals surface area contributed by atoms with E-state index in [1.54, 1.807) is 4.90 Å². The molecular formula is C12H17N3O. The smallest absolute Gasteiger partial charge is 0.240 e. The van der Waals surface area contributed by atoms with Crippen molar-refractivity contribution in [2.24, 2.45) is 0 Å². The summed E-state index contributed by atoms with van der Waals surface area (Å²) in [6.07, 6.45) is 5.43. The summed E-state index contributed by atoms with van der Waals surface area (Å²) >= 11 is 0. The lowest BCUT2D eigenvalue weighted by atomic mass is 10.1. The molecule has 2 aliphatic rings. The number of likely N-dealkylation sites (tertiary alicyclic amines) is 1. The average molecular weight is 219 g/mol. The molecule has 0 saturated carbocycles. The molecule has 4 heteroatoms. The number of rotatable bonds is 2. The number of nitriles is 1. The fourth-order valence-electron chi connectivity index (χ4n) is 2.52. The lowest BCUT2D eigenvalue weighted by Gasteiger charge is -2.23. The first kappa shape index (κ1) is 11.2. The Labute approximate surface area is 95.9 Å². The summed E-state index contributed by atoms with van der Waals surface area (Å²) < 4.78 is 0. The molecule has 0 aromatic rings. The number of hydrogen-bond acceptors (Lipinski definition) is 3. The van der Waals surface area contributed by atoms with Crippen molar-refractivity contribution < 1.29 is 4.79 Å². The minimum absolute atomic E-state index is 0.0911.